The van der Waals surface area contributed by atoms with Gasteiger partial charge in [0.1, 0.15) is 19.0 Å². The number of likely N-dealkylation sites (tertiary alicyclic amines) is 2. The molecule has 35 heavy (non-hydrogen) atoms. The highest BCUT2D eigenvalue weighted by Crippen LogP contribution is 2.33. The highest BCUT2D eigenvalue weighted by atomic mass is 19.1. The summed E-state index contributed by atoms with van der Waals surface area (Å²) in [6, 6.07) is 10.9. The van der Waals surface area contributed by atoms with Gasteiger partial charge in [0.25, 0.3) is 5.91 Å². The first kappa shape index (κ1) is 23.3. The number of ether oxygens (including phenoxy) is 2. The molecule has 0 N–H and O–H groups in total. The van der Waals surface area contributed by atoms with E-state index in [4.69, 9.17) is 9.47 Å². The minimum atomic E-state index is -0.373. The van der Waals surface area contributed by atoms with Gasteiger partial charge < -0.3 is 19.3 Å². The summed E-state index contributed by atoms with van der Waals surface area (Å²) in [5.41, 5.74) is 1.08. The first-order chi connectivity index (χ1) is 17.0. The van der Waals surface area contributed by atoms with Crippen molar-refractivity contribution >= 4 is 17.6 Å². The number of ketones is 1. The van der Waals surface area contributed by atoms with E-state index in [1.165, 1.54) is 24.3 Å². The van der Waals surface area contributed by atoms with E-state index in [1.807, 2.05) is 4.90 Å². The van der Waals surface area contributed by atoms with Gasteiger partial charge in [-0.15, -0.1) is 0 Å². The van der Waals surface area contributed by atoms with Gasteiger partial charge in [0.15, 0.2) is 17.3 Å². The molecule has 8 heteroatoms. The van der Waals surface area contributed by atoms with E-state index >= 15 is 0 Å². The van der Waals surface area contributed by atoms with Crippen LogP contribution in [0.1, 0.15) is 46.4 Å². The van der Waals surface area contributed by atoms with Crippen LogP contribution in [0.5, 0.6) is 11.5 Å². The fourth-order valence-electron chi connectivity index (χ4n) is 5.16. The number of hydrogen-bond donors (Lipinski definition) is 0. The summed E-state index contributed by atoms with van der Waals surface area (Å²) in [6.45, 7) is 3.13. The van der Waals surface area contributed by atoms with Gasteiger partial charge in [-0.2, -0.15) is 0 Å². The Morgan fingerprint density at radius 2 is 1.29 bits per heavy atom. The quantitative estimate of drug-likeness (QED) is 0.626. The maximum atomic E-state index is 13.1. The van der Waals surface area contributed by atoms with Crippen molar-refractivity contribution in [3.05, 3.63) is 59.4 Å². The molecule has 184 valence electrons. The number of Topliss-reactive ketones (excluding diaryl/α,β-unsaturated/α-hetero) is 1. The number of nitrogens with zero attached hydrogens (tertiary/aromatic N) is 2. The van der Waals surface area contributed by atoms with Crippen molar-refractivity contribution in [2.75, 3.05) is 39.4 Å². The second-order valence-electron chi connectivity index (χ2n) is 9.40. The van der Waals surface area contributed by atoms with Gasteiger partial charge in [0.05, 0.1) is 0 Å². The number of carbonyl (C=O) groups excluding carboxylic acids is 3. The number of rotatable bonds is 4. The molecular formula is C27H29FN2O5. The van der Waals surface area contributed by atoms with Crippen LogP contribution in [0.3, 0.4) is 0 Å². The van der Waals surface area contributed by atoms with Gasteiger partial charge in [-0.1, -0.05) is 0 Å². The molecule has 3 aliphatic heterocycles. The first-order valence-corrected chi connectivity index (χ1v) is 12.3. The predicted octanol–water partition coefficient (Wildman–Crippen LogP) is 3.57. The lowest BCUT2D eigenvalue weighted by molar-refractivity contribution is -0.138. The molecular weight excluding hydrogens is 451 g/mol. The van der Waals surface area contributed by atoms with E-state index in [9.17, 15) is 18.8 Å². The fourth-order valence-corrected chi connectivity index (χ4v) is 5.16. The molecule has 0 spiro atoms. The highest BCUT2D eigenvalue weighted by molar-refractivity contribution is 5.98. The highest BCUT2D eigenvalue weighted by Gasteiger charge is 2.34. The molecule has 0 saturated carbocycles. The summed E-state index contributed by atoms with van der Waals surface area (Å²) in [5, 5.41) is 0. The van der Waals surface area contributed by atoms with Crippen molar-refractivity contribution in [1.82, 2.24) is 9.80 Å². The van der Waals surface area contributed by atoms with Crippen LogP contribution < -0.4 is 9.47 Å². The first-order valence-electron chi connectivity index (χ1n) is 12.3. The number of amides is 2. The third-order valence-electron chi connectivity index (χ3n) is 7.23. The lowest BCUT2D eigenvalue weighted by atomic mass is 9.87. The van der Waals surface area contributed by atoms with Crippen molar-refractivity contribution < 1.29 is 28.2 Å². The molecule has 0 unspecified atom stereocenters. The number of fused-ring (bicyclic) bond motifs is 1. The second kappa shape index (κ2) is 10.1. The molecule has 2 amide bonds. The second-order valence-corrected chi connectivity index (χ2v) is 9.40. The molecule has 0 atom stereocenters. The number of carbonyl (C=O) groups is 3. The average Bonchev–Trinajstić information content (AvgIpc) is 2.92. The van der Waals surface area contributed by atoms with Crippen LogP contribution in [0.4, 0.5) is 4.39 Å². The topological polar surface area (TPSA) is 76.2 Å². The van der Waals surface area contributed by atoms with Gasteiger partial charge in [-0.25, -0.2) is 4.39 Å². The molecule has 0 aromatic heterocycles. The van der Waals surface area contributed by atoms with Crippen LogP contribution >= 0.6 is 0 Å². The Morgan fingerprint density at radius 1 is 0.714 bits per heavy atom. The van der Waals surface area contributed by atoms with Gasteiger partial charge in [0, 0.05) is 49.1 Å². The molecule has 0 aliphatic carbocycles. The molecule has 2 fully saturated rings. The minimum absolute atomic E-state index is 0.0849. The van der Waals surface area contributed by atoms with Crippen molar-refractivity contribution in [3.8, 4) is 11.5 Å². The lowest BCUT2D eigenvalue weighted by Crippen LogP contribution is -2.47. The minimum Gasteiger partial charge on any atom is -0.486 e. The van der Waals surface area contributed by atoms with E-state index < -0.39 is 0 Å². The SMILES string of the molecule is O=C(c1ccc2c(c1)OCCO2)C1CCN(C(=O)C2CCN(C(=O)c3ccc(F)cc3)CC2)CC1. The summed E-state index contributed by atoms with van der Waals surface area (Å²) in [4.78, 5) is 42.4. The maximum Gasteiger partial charge on any atom is 0.253 e. The maximum absolute atomic E-state index is 13.1. The molecule has 2 aromatic rings. The van der Waals surface area contributed by atoms with Gasteiger partial charge >= 0.3 is 0 Å². The Labute approximate surface area is 203 Å². The molecule has 0 bridgehead atoms. The van der Waals surface area contributed by atoms with Crippen LogP contribution in [0.15, 0.2) is 42.5 Å². The zero-order chi connectivity index (χ0) is 24.4. The molecule has 7 nitrogen and oxygen atoms in total. The van der Waals surface area contributed by atoms with Gasteiger partial charge in [-0.05, 0) is 68.1 Å². The summed E-state index contributed by atoms with van der Waals surface area (Å²) in [6.07, 6.45) is 2.51. The van der Waals surface area contributed by atoms with Crippen molar-refractivity contribution in [1.29, 1.82) is 0 Å². The lowest BCUT2D eigenvalue weighted by Gasteiger charge is -2.37. The summed E-state index contributed by atoms with van der Waals surface area (Å²) in [7, 11) is 0. The summed E-state index contributed by atoms with van der Waals surface area (Å²) >= 11 is 0. The standard InChI is InChI=1S/C27H29FN2O5/c28-22-4-1-19(2-5-22)26(32)30-13-9-20(10-14-30)27(33)29-11-7-18(8-12-29)25(31)21-3-6-23-24(17-21)35-16-15-34-23/h1-6,17-18,20H,7-16H2. The number of halogens is 1. The van der Waals surface area contributed by atoms with E-state index in [-0.39, 0.29) is 35.3 Å². The Hall–Kier alpha value is -3.42. The zero-order valence-corrected chi connectivity index (χ0v) is 19.6. The van der Waals surface area contributed by atoms with Crippen LogP contribution in [0.25, 0.3) is 0 Å². The van der Waals surface area contributed by atoms with E-state index in [0.29, 0.717) is 87.7 Å². The summed E-state index contributed by atoms with van der Waals surface area (Å²) < 4.78 is 24.3. The van der Waals surface area contributed by atoms with Crippen molar-refractivity contribution in [3.63, 3.8) is 0 Å². The normalized spacial score (nSPS) is 18.9. The molecule has 2 aromatic carbocycles. The Bertz CT molecular complexity index is 1100. The smallest absolute Gasteiger partial charge is 0.253 e. The predicted molar refractivity (Wildman–Crippen MR) is 126 cm³/mol. The summed E-state index contributed by atoms with van der Waals surface area (Å²) in [5.74, 6) is 0.745. The molecule has 2 saturated heterocycles. The van der Waals surface area contributed by atoms with Crippen molar-refractivity contribution in [2.24, 2.45) is 11.8 Å². The van der Waals surface area contributed by atoms with Crippen molar-refractivity contribution in [2.45, 2.75) is 25.7 Å². The molecule has 3 heterocycles. The largest absolute Gasteiger partial charge is 0.486 e. The molecule has 0 radical (unpaired) electrons. The van der Waals surface area contributed by atoms with E-state index in [0.717, 1.165) is 0 Å². The Kier molecular flexibility index (Phi) is 6.70. The number of benzene rings is 2. The van der Waals surface area contributed by atoms with E-state index in [1.54, 1.807) is 23.1 Å². The molecule has 5 rings (SSSR count). The van der Waals surface area contributed by atoms with E-state index in [2.05, 4.69) is 0 Å². The van der Waals surface area contributed by atoms with Crippen LogP contribution in [0, 0.1) is 17.7 Å². The van der Waals surface area contributed by atoms with Gasteiger partial charge in [-0.3, -0.25) is 14.4 Å². The number of hydrogen-bond acceptors (Lipinski definition) is 5. The van der Waals surface area contributed by atoms with Crippen LogP contribution in [-0.2, 0) is 4.79 Å². The Balaban J connectivity index is 1.11. The zero-order valence-electron chi connectivity index (χ0n) is 19.6. The van der Waals surface area contributed by atoms with Crippen LogP contribution in [-0.4, -0.2) is 66.8 Å². The third-order valence-corrected chi connectivity index (χ3v) is 7.23. The van der Waals surface area contributed by atoms with Crippen LogP contribution in [0.2, 0.25) is 0 Å². The Morgan fingerprint density at radius 3 is 1.97 bits per heavy atom. The molecule has 3 aliphatic rings. The monoisotopic (exact) mass is 480 g/mol. The third kappa shape index (κ3) is 5.01. The number of piperidine rings is 2. The van der Waals surface area contributed by atoms with Gasteiger partial charge in [0.2, 0.25) is 5.91 Å². The average molecular weight is 481 g/mol. The fraction of sp³-hybridized carbons (Fsp3) is 0.444.